The van der Waals surface area contributed by atoms with Crippen LogP contribution in [0.1, 0.15) is 103 Å². The third-order valence-electron chi connectivity index (χ3n) is 4.82. The molecule has 0 saturated carbocycles. The molecule has 0 fully saturated rings. The number of hydrogen-bond donors (Lipinski definition) is 0. The van der Waals surface area contributed by atoms with Gasteiger partial charge in [-0.3, -0.25) is 0 Å². The van der Waals surface area contributed by atoms with Crippen molar-refractivity contribution in [2.24, 2.45) is 0 Å². The van der Waals surface area contributed by atoms with Crippen LogP contribution in [0, 0.1) is 0 Å². The number of rotatable bonds is 0. The topological polar surface area (TPSA) is 0 Å². The van der Waals surface area contributed by atoms with E-state index in [-0.39, 0.29) is 0 Å². The van der Waals surface area contributed by atoms with Crippen molar-refractivity contribution in [3.05, 3.63) is 48.6 Å². The van der Waals surface area contributed by atoms with Gasteiger partial charge in [0.25, 0.3) is 0 Å². The Morgan fingerprint density at radius 1 is 0.250 bits per heavy atom. The van der Waals surface area contributed by atoms with Crippen LogP contribution in [0.5, 0.6) is 0 Å². The third-order valence-corrected chi connectivity index (χ3v) is 4.82. The van der Waals surface area contributed by atoms with E-state index >= 15 is 0 Å². The maximum atomic E-state index is 2.30. The van der Waals surface area contributed by atoms with Crippen LogP contribution >= 0.6 is 0 Å². The molecule has 24 heavy (non-hydrogen) atoms. The summed E-state index contributed by atoms with van der Waals surface area (Å²) in [5, 5.41) is 0. The van der Waals surface area contributed by atoms with Gasteiger partial charge in [0, 0.05) is 0 Å². The lowest BCUT2D eigenvalue weighted by Gasteiger charge is -2.03. The molecule has 0 bridgehead atoms. The van der Waals surface area contributed by atoms with Gasteiger partial charge in [-0.1, -0.05) is 126 Å². The van der Waals surface area contributed by atoms with E-state index in [0.717, 1.165) is 0 Å². The minimum atomic E-state index is 1.23. The Balaban J connectivity index is 2.20. The molecule has 136 valence electrons. The van der Waals surface area contributed by atoms with Gasteiger partial charge < -0.3 is 0 Å². The van der Waals surface area contributed by atoms with Gasteiger partial charge in [0.05, 0.1) is 0 Å². The molecule has 1 aliphatic carbocycles. The summed E-state index contributed by atoms with van der Waals surface area (Å²) in [5.74, 6) is 0. The van der Waals surface area contributed by atoms with Gasteiger partial charge in [0.1, 0.15) is 0 Å². The first-order valence-corrected chi connectivity index (χ1v) is 10.6. The molecule has 0 aromatic carbocycles. The monoisotopic (exact) mass is 328 g/mol. The van der Waals surface area contributed by atoms with Crippen LogP contribution in [0.25, 0.3) is 0 Å². The van der Waals surface area contributed by atoms with Crippen molar-refractivity contribution in [2.45, 2.75) is 103 Å². The summed E-state index contributed by atoms with van der Waals surface area (Å²) in [6, 6.07) is 0. The first-order valence-electron chi connectivity index (χ1n) is 10.6. The number of hydrogen-bond acceptors (Lipinski definition) is 0. The second-order valence-corrected chi connectivity index (χ2v) is 7.15. The highest BCUT2D eigenvalue weighted by Gasteiger charge is 1.94. The van der Waals surface area contributed by atoms with Crippen molar-refractivity contribution in [1.29, 1.82) is 0 Å². The van der Waals surface area contributed by atoms with E-state index in [9.17, 15) is 0 Å². The van der Waals surface area contributed by atoms with E-state index in [2.05, 4.69) is 48.6 Å². The summed E-state index contributed by atoms with van der Waals surface area (Å²) in [4.78, 5) is 0. The summed E-state index contributed by atoms with van der Waals surface area (Å²) in [5.41, 5.74) is 0. The summed E-state index contributed by atoms with van der Waals surface area (Å²) < 4.78 is 0. The van der Waals surface area contributed by atoms with Crippen LogP contribution in [0.3, 0.4) is 0 Å². The third kappa shape index (κ3) is 15.8. The van der Waals surface area contributed by atoms with Crippen molar-refractivity contribution in [3.63, 3.8) is 0 Å². The average molecular weight is 329 g/mol. The summed E-state index contributed by atoms with van der Waals surface area (Å²) in [6.07, 6.45) is 40.0. The quantitative estimate of drug-likeness (QED) is 0.418. The fraction of sp³-hybridized carbons (Fsp3) is 0.667. The minimum Gasteiger partial charge on any atom is -0.0845 e. The molecule has 1 aliphatic rings. The average Bonchev–Trinajstić information content (AvgIpc) is 2.59. The van der Waals surface area contributed by atoms with Gasteiger partial charge in [-0.25, -0.2) is 0 Å². The SMILES string of the molecule is C1=CCCCCCCCCCCCCCCCC/C=C/C=C\C=C\1. The Kier molecular flexibility index (Phi) is 16.0. The first kappa shape index (κ1) is 21.0. The van der Waals surface area contributed by atoms with Crippen molar-refractivity contribution in [1.82, 2.24) is 0 Å². The minimum absolute atomic E-state index is 1.23. The van der Waals surface area contributed by atoms with E-state index in [0.29, 0.717) is 0 Å². The molecule has 0 heterocycles. The second kappa shape index (κ2) is 18.3. The molecule has 0 spiro atoms. The zero-order valence-corrected chi connectivity index (χ0v) is 15.9. The Labute approximate surface area is 151 Å². The fourth-order valence-electron chi connectivity index (χ4n) is 3.25. The Morgan fingerprint density at radius 2 is 0.500 bits per heavy atom. The Morgan fingerprint density at radius 3 is 0.833 bits per heavy atom. The number of allylic oxidation sites excluding steroid dienone is 8. The van der Waals surface area contributed by atoms with Crippen molar-refractivity contribution >= 4 is 0 Å². The van der Waals surface area contributed by atoms with Crippen LogP contribution in [0.15, 0.2) is 48.6 Å². The van der Waals surface area contributed by atoms with Gasteiger partial charge in [-0.05, 0) is 25.7 Å². The van der Waals surface area contributed by atoms with Gasteiger partial charge >= 0.3 is 0 Å². The highest BCUT2D eigenvalue weighted by molar-refractivity contribution is 5.15. The maximum Gasteiger partial charge on any atom is -0.0348 e. The lowest BCUT2D eigenvalue weighted by Crippen LogP contribution is -1.83. The van der Waals surface area contributed by atoms with Crippen molar-refractivity contribution in [3.8, 4) is 0 Å². The highest BCUT2D eigenvalue weighted by atomic mass is 14.0. The molecule has 0 nitrogen and oxygen atoms in total. The first-order chi connectivity index (χ1) is 12.0. The van der Waals surface area contributed by atoms with E-state index in [1.807, 2.05) is 0 Å². The lowest BCUT2D eigenvalue weighted by atomic mass is 10.0. The van der Waals surface area contributed by atoms with Crippen LogP contribution in [0.2, 0.25) is 0 Å². The standard InChI is InChI=1S/C24H40/c1-2-4-6-8-10-12-14-16-18-20-22-24-23-21-19-17-15-13-11-9-7-5-3-1/h1-8H,9-24H2/b3-1-,4-2+,7-5+,8-6?. The smallest absolute Gasteiger partial charge is 0.0348 e. The van der Waals surface area contributed by atoms with E-state index in [1.165, 1.54) is 103 Å². The maximum absolute atomic E-state index is 2.30. The highest BCUT2D eigenvalue weighted by Crippen LogP contribution is 2.14. The zero-order valence-electron chi connectivity index (χ0n) is 15.9. The molecule has 0 aliphatic heterocycles. The molecule has 0 N–H and O–H groups in total. The molecule has 0 aromatic heterocycles. The molecule has 0 radical (unpaired) electrons. The predicted molar refractivity (Wildman–Crippen MR) is 110 cm³/mol. The molecule has 0 atom stereocenters. The van der Waals surface area contributed by atoms with Gasteiger partial charge in [-0.2, -0.15) is 0 Å². The molecule has 0 aromatic rings. The predicted octanol–water partition coefficient (Wildman–Crippen LogP) is 8.47. The summed E-state index contributed by atoms with van der Waals surface area (Å²) in [7, 11) is 0. The van der Waals surface area contributed by atoms with Crippen LogP contribution in [0.4, 0.5) is 0 Å². The molecular weight excluding hydrogens is 288 g/mol. The van der Waals surface area contributed by atoms with Gasteiger partial charge in [-0.15, -0.1) is 0 Å². The largest absolute Gasteiger partial charge is 0.0845 e. The molecular formula is C24H40. The van der Waals surface area contributed by atoms with E-state index in [4.69, 9.17) is 0 Å². The zero-order chi connectivity index (χ0) is 17.0. The second-order valence-electron chi connectivity index (χ2n) is 7.15. The molecule has 0 heteroatoms. The molecule has 0 unspecified atom stereocenters. The van der Waals surface area contributed by atoms with Crippen LogP contribution < -0.4 is 0 Å². The van der Waals surface area contributed by atoms with Crippen LogP contribution in [-0.4, -0.2) is 0 Å². The van der Waals surface area contributed by atoms with Gasteiger partial charge in [0.2, 0.25) is 0 Å². The molecule has 1 rings (SSSR count). The molecule has 0 saturated heterocycles. The van der Waals surface area contributed by atoms with E-state index < -0.39 is 0 Å². The van der Waals surface area contributed by atoms with E-state index in [1.54, 1.807) is 0 Å². The lowest BCUT2D eigenvalue weighted by molar-refractivity contribution is 0.534. The Bertz CT molecular complexity index is 320. The summed E-state index contributed by atoms with van der Waals surface area (Å²) >= 11 is 0. The summed E-state index contributed by atoms with van der Waals surface area (Å²) in [6.45, 7) is 0. The fourth-order valence-corrected chi connectivity index (χ4v) is 3.25. The van der Waals surface area contributed by atoms with Crippen molar-refractivity contribution in [2.75, 3.05) is 0 Å². The molecule has 0 amide bonds. The van der Waals surface area contributed by atoms with Crippen molar-refractivity contribution < 1.29 is 0 Å². The normalized spacial score (nSPS) is 25.3. The van der Waals surface area contributed by atoms with Crippen LogP contribution in [-0.2, 0) is 0 Å². The Hall–Kier alpha value is -1.04. The van der Waals surface area contributed by atoms with Gasteiger partial charge in [0.15, 0.2) is 0 Å².